The number of carbonyl (C=O) groups is 2. The van der Waals surface area contributed by atoms with E-state index in [1.807, 2.05) is 24.3 Å². The van der Waals surface area contributed by atoms with Crippen LogP contribution in [0.15, 0.2) is 41.2 Å². The van der Waals surface area contributed by atoms with Gasteiger partial charge in [-0.25, -0.2) is 0 Å². The fraction of sp³-hybridized carbons (Fsp3) is 0.400. The molecule has 2 atom stereocenters. The number of benzene rings is 1. The molecule has 7 nitrogen and oxygen atoms in total. The molecule has 2 aromatic rings. The number of carbonyl (C=O) groups excluding carboxylic acids is 2. The standard InChI is InChI=1S/C20H20N2O5S/c23-18(21-8-12-1-4-16-17(7-12)27-11-26-16)15-10-28-20(14-5-6-25-9-14)22(15)19(24)13-2-3-13/h1,4-7,9,13,15,20H,2-3,8,10-11H2,(H,21,23). The van der Waals surface area contributed by atoms with E-state index in [9.17, 15) is 9.59 Å². The molecule has 0 radical (unpaired) electrons. The van der Waals surface area contributed by atoms with Crippen LogP contribution in [-0.2, 0) is 16.1 Å². The highest BCUT2D eigenvalue weighted by Gasteiger charge is 2.46. The fourth-order valence-corrected chi connectivity index (χ4v) is 4.96. The predicted octanol–water partition coefficient (Wildman–Crippen LogP) is 2.68. The molecule has 146 valence electrons. The van der Waals surface area contributed by atoms with E-state index in [0.717, 1.165) is 24.0 Å². The molecule has 3 heterocycles. The van der Waals surface area contributed by atoms with Gasteiger partial charge in [-0.3, -0.25) is 9.59 Å². The van der Waals surface area contributed by atoms with Crippen LogP contribution in [0.3, 0.4) is 0 Å². The summed E-state index contributed by atoms with van der Waals surface area (Å²) in [5.41, 5.74) is 1.85. The maximum atomic E-state index is 12.9. The largest absolute Gasteiger partial charge is 0.472 e. The quantitative estimate of drug-likeness (QED) is 0.831. The van der Waals surface area contributed by atoms with Crippen LogP contribution >= 0.6 is 11.8 Å². The molecule has 1 aromatic carbocycles. The Balaban J connectivity index is 1.29. The molecule has 1 saturated carbocycles. The van der Waals surface area contributed by atoms with E-state index >= 15 is 0 Å². The maximum Gasteiger partial charge on any atom is 0.243 e. The summed E-state index contributed by atoms with van der Waals surface area (Å²) >= 11 is 1.60. The second-order valence-electron chi connectivity index (χ2n) is 7.18. The number of furan rings is 1. The highest BCUT2D eigenvalue weighted by Crippen LogP contribution is 2.45. The summed E-state index contributed by atoms with van der Waals surface area (Å²) in [4.78, 5) is 27.6. The highest BCUT2D eigenvalue weighted by atomic mass is 32.2. The summed E-state index contributed by atoms with van der Waals surface area (Å²) < 4.78 is 15.9. The summed E-state index contributed by atoms with van der Waals surface area (Å²) in [6.45, 7) is 0.594. The number of nitrogens with zero attached hydrogens (tertiary/aromatic N) is 1. The van der Waals surface area contributed by atoms with Crippen molar-refractivity contribution in [3.05, 3.63) is 47.9 Å². The molecule has 1 aromatic heterocycles. The molecule has 2 aliphatic heterocycles. The summed E-state index contributed by atoms with van der Waals surface area (Å²) in [6.07, 6.45) is 5.06. The number of thioether (sulfide) groups is 1. The van der Waals surface area contributed by atoms with E-state index in [-0.39, 0.29) is 29.9 Å². The summed E-state index contributed by atoms with van der Waals surface area (Å²) in [5.74, 6) is 1.96. The molecule has 1 aliphatic carbocycles. The third kappa shape index (κ3) is 3.22. The first-order chi connectivity index (χ1) is 13.7. The molecular weight excluding hydrogens is 380 g/mol. The smallest absolute Gasteiger partial charge is 0.243 e. The van der Waals surface area contributed by atoms with E-state index in [4.69, 9.17) is 13.9 Å². The second-order valence-corrected chi connectivity index (χ2v) is 8.30. The maximum absolute atomic E-state index is 12.9. The Kier molecular flexibility index (Phi) is 4.43. The van der Waals surface area contributed by atoms with Crippen LogP contribution in [0.5, 0.6) is 11.5 Å². The van der Waals surface area contributed by atoms with Gasteiger partial charge in [0.1, 0.15) is 11.4 Å². The first kappa shape index (κ1) is 17.5. The van der Waals surface area contributed by atoms with Crippen molar-refractivity contribution in [3.8, 4) is 11.5 Å². The van der Waals surface area contributed by atoms with Crippen molar-refractivity contribution in [3.63, 3.8) is 0 Å². The summed E-state index contributed by atoms with van der Waals surface area (Å²) in [7, 11) is 0. The van der Waals surface area contributed by atoms with Gasteiger partial charge in [0.15, 0.2) is 11.5 Å². The number of hydrogen-bond acceptors (Lipinski definition) is 6. The fourth-order valence-electron chi connectivity index (χ4n) is 3.55. The zero-order chi connectivity index (χ0) is 19.1. The molecule has 28 heavy (non-hydrogen) atoms. The molecule has 1 N–H and O–H groups in total. The van der Waals surface area contributed by atoms with Gasteiger partial charge in [0.05, 0.1) is 12.5 Å². The molecule has 3 aliphatic rings. The molecule has 2 fully saturated rings. The van der Waals surface area contributed by atoms with Crippen LogP contribution in [0.1, 0.15) is 29.3 Å². The van der Waals surface area contributed by atoms with Crippen molar-refractivity contribution in [1.82, 2.24) is 10.2 Å². The Morgan fingerprint density at radius 1 is 1.18 bits per heavy atom. The second kappa shape index (κ2) is 7.09. The third-order valence-electron chi connectivity index (χ3n) is 5.22. The number of fused-ring (bicyclic) bond motifs is 1. The van der Waals surface area contributed by atoms with E-state index in [2.05, 4.69) is 5.32 Å². The number of amides is 2. The van der Waals surface area contributed by atoms with Crippen molar-refractivity contribution >= 4 is 23.6 Å². The minimum Gasteiger partial charge on any atom is -0.472 e. The van der Waals surface area contributed by atoms with Crippen LogP contribution in [0.25, 0.3) is 0 Å². The molecule has 5 rings (SSSR count). The summed E-state index contributed by atoms with van der Waals surface area (Å²) in [5, 5.41) is 2.80. The number of ether oxygens (including phenoxy) is 2. The lowest BCUT2D eigenvalue weighted by atomic mass is 10.1. The molecule has 2 amide bonds. The van der Waals surface area contributed by atoms with Gasteiger partial charge in [-0.05, 0) is 36.6 Å². The Bertz CT molecular complexity index is 896. The third-order valence-corrected chi connectivity index (χ3v) is 6.54. The normalized spacial score (nSPS) is 23.1. The first-order valence-corrected chi connectivity index (χ1v) is 10.4. The van der Waals surface area contributed by atoms with Crippen LogP contribution in [0, 0.1) is 5.92 Å². The van der Waals surface area contributed by atoms with Crippen molar-refractivity contribution in [2.45, 2.75) is 30.8 Å². The highest BCUT2D eigenvalue weighted by molar-refractivity contribution is 7.99. The van der Waals surface area contributed by atoms with Crippen molar-refractivity contribution in [2.75, 3.05) is 12.5 Å². The van der Waals surface area contributed by atoms with Crippen molar-refractivity contribution in [1.29, 1.82) is 0 Å². The van der Waals surface area contributed by atoms with Crippen LogP contribution < -0.4 is 14.8 Å². The molecule has 2 unspecified atom stereocenters. The van der Waals surface area contributed by atoms with Gasteiger partial charge in [-0.1, -0.05) is 6.07 Å². The van der Waals surface area contributed by atoms with Gasteiger partial charge in [0.25, 0.3) is 0 Å². The van der Waals surface area contributed by atoms with Gasteiger partial charge in [-0.15, -0.1) is 11.8 Å². The van der Waals surface area contributed by atoms with Crippen LogP contribution in [-0.4, -0.2) is 35.3 Å². The molecule has 8 heteroatoms. The minimum atomic E-state index is -0.480. The van der Waals surface area contributed by atoms with Crippen LogP contribution in [0.2, 0.25) is 0 Å². The topological polar surface area (TPSA) is 81.0 Å². The molecular formula is C20H20N2O5S. The van der Waals surface area contributed by atoms with E-state index in [0.29, 0.717) is 23.8 Å². The number of hydrogen-bond donors (Lipinski definition) is 1. The Hall–Kier alpha value is -2.61. The van der Waals surface area contributed by atoms with Crippen molar-refractivity contribution in [2.24, 2.45) is 5.92 Å². The van der Waals surface area contributed by atoms with E-state index in [1.165, 1.54) is 0 Å². The Morgan fingerprint density at radius 2 is 2.04 bits per heavy atom. The summed E-state index contributed by atoms with van der Waals surface area (Å²) in [6, 6.07) is 6.99. The lowest BCUT2D eigenvalue weighted by Crippen LogP contribution is -2.48. The molecule has 0 spiro atoms. The Morgan fingerprint density at radius 3 is 2.82 bits per heavy atom. The van der Waals surface area contributed by atoms with Crippen LogP contribution in [0.4, 0.5) is 0 Å². The molecule has 1 saturated heterocycles. The lowest BCUT2D eigenvalue weighted by Gasteiger charge is -2.28. The zero-order valence-electron chi connectivity index (χ0n) is 15.1. The van der Waals surface area contributed by atoms with E-state index < -0.39 is 6.04 Å². The van der Waals surface area contributed by atoms with Gasteiger partial charge < -0.3 is 24.1 Å². The number of nitrogens with one attached hydrogen (secondary N) is 1. The van der Waals surface area contributed by atoms with Gasteiger partial charge >= 0.3 is 0 Å². The number of rotatable bonds is 5. The van der Waals surface area contributed by atoms with Crippen molar-refractivity contribution < 1.29 is 23.5 Å². The predicted molar refractivity (Wildman–Crippen MR) is 102 cm³/mol. The Labute approximate surface area is 166 Å². The molecule has 0 bridgehead atoms. The lowest BCUT2D eigenvalue weighted by molar-refractivity contribution is -0.140. The SMILES string of the molecule is O=C(NCc1ccc2c(c1)OCO2)C1CSC(c2ccoc2)N1C(=O)C1CC1. The first-order valence-electron chi connectivity index (χ1n) is 9.33. The monoisotopic (exact) mass is 400 g/mol. The minimum absolute atomic E-state index is 0.0530. The van der Waals surface area contributed by atoms with Gasteiger partial charge in [0.2, 0.25) is 18.6 Å². The zero-order valence-corrected chi connectivity index (χ0v) is 15.9. The van der Waals surface area contributed by atoms with E-state index in [1.54, 1.807) is 29.2 Å². The average molecular weight is 400 g/mol. The van der Waals surface area contributed by atoms with Gasteiger partial charge in [0, 0.05) is 23.8 Å². The van der Waals surface area contributed by atoms with Gasteiger partial charge in [-0.2, -0.15) is 0 Å². The average Bonchev–Trinajstić information content (AvgIpc) is 3.12.